The molecule has 0 bridgehead atoms. The van der Waals surface area contributed by atoms with Crippen LogP contribution in [0, 0.1) is 0 Å². The third-order valence-corrected chi connectivity index (χ3v) is 6.15. The summed E-state index contributed by atoms with van der Waals surface area (Å²) in [6.45, 7) is 0. The van der Waals surface area contributed by atoms with Crippen LogP contribution in [0.1, 0.15) is 22.6 Å². The highest BCUT2D eigenvalue weighted by Crippen LogP contribution is 2.50. The smallest absolute Gasteiger partial charge is 0.228 e. The minimum atomic E-state index is -0.0864. The Morgan fingerprint density at radius 1 is 0.848 bits per heavy atom. The lowest BCUT2D eigenvalue weighted by molar-refractivity contribution is 0.437. The molecule has 1 aliphatic heterocycles. The maximum Gasteiger partial charge on any atom is 0.228 e. The first kappa shape index (κ1) is 18.0. The van der Waals surface area contributed by atoms with Crippen molar-refractivity contribution in [2.45, 2.75) is 5.92 Å². The molecule has 0 radical (unpaired) electrons. The molecule has 0 aliphatic carbocycles. The second kappa shape index (κ2) is 6.97. The normalized spacial score (nSPS) is 14.6. The Kier molecular flexibility index (Phi) is 3.81. The summed E-state index contributed by atoms with van der Waals surface area (Å²) >= 11 is 0. The van der Waals surface area contributed by atoms with E-state index in [2.05, 4.69) is 63.6 Å². The standard InChI is InChI=1S/C27H17N5O/c1-2-8-18(9-3-1)22-21-13-12-17-7-4-5-11-20(17)24(21)33-27-23(22)26-30-25(31-32(26)16-29-27)19-10-6-14-28-15-19/h1-16,22H/t22-/m0/s1. The van der Waals surface area contributed by atoms with Crippen LogP contribution in [0.5, 0.6) is 11.6 Å². The van der Waals surface area contributed by atoms with Crippen molar-refractivity contribution in [3.05, 3.63) is 114 Å². The van der Waals surface area contributed by atoms with Crippen molar-refractivity contribution in [1.82, 2.24) is 24.6 Å². The molecule has 3 aromatic carbocycles. The maximum absolute atomic E-state index is 6.46. The van der Waals surface area contributed by atoms with Crippen molar-refractivity contribution in [2.75, 3.05) is 0 Å². The predicted octanol–water partition coefficient (Wildman–Crippen LogP) is 5.63. The molecule has 156 valence electrons. The lowest BCUT2D eigenvalue weighted by atomic mass is 9.83. The zero-order valence-electron chi connectivity index (χ0n) is 17.5. The number of hydrogen-bond acceptors (Lipinski definition) is 5. The van der Waals surface area contributed by atoms with Crippen LogP contribution in [0.25, 0.3) is 27.8 Å². The van der Waals surface area contributed by atoms with E-state index in [4.69, 9.17) is 9.72 Å². The van der Waals surface area contributed by atoms with Gasteiger partial charge >= 0.3 is 0 Å². The SMILES string of the molecule is c1ccc([C@H]2c3ccc4ccccc4c3Oc3ncn4nc(-c5cccnc5)nc4c32)cc1. The maximum atomic E-state index is 6.46. The van der Waals surface area contributed by atoms with Crippen LogP contribution in [-0.2, 0) is 0 Å². The Labute approximate surface area is 189 Å². The summed E-state index contributed by atoms with van der Waals surface area (Å²) in [6.07, 6.45) is 5.17. The van der Waals surface area contributed by atoms with Gasteiger partial charge in [-0.2, -0.15) is 0 Å². The monoisotopic (exact) mass is 427 g/mol. The van der Waals surface area contributed by atoms with Crippen molar-refractivity contribution in [3.63, 3.8) is 0 Å². The molecule has 0 spiro atoms. The molecule has 6 heteroatoms. The van der Waals surface area contributed by atoms with Crippen molar-refractivity contribution in [1.29, 1.82) is 0 Å². The Morgan fingerprint density at radius 3 is 2.61 bits per heavy atom. The van der Waals surface area contributed by atoms with Gasteiger partial charge in [0.15, 0.2) is 11.5 Å². The summed E-state index contributed by atoms with van der Waals surface area (Å²) < 4.78 is 8.19. The Bertz CT molecular complexity index is 1640. The van der Waals surface area contributed by atoms with Gasteiger partial charge in [0, 0.05) is 34.8 Å². The molecule has 6 aromatic rings. The van der Waals surface area contributed by atoms with Crippen LogP contribution in [0.4, 0.5) is 0 Å². The molecule has 0 amide bonds. The molecule has 0 fully saturated rings. The highest BCUT2D eigenvalue weighted by Gasteiger charge is 2.34. The molecule has 0 saturated carbocycles. The number of pyridine rings is 1. The van der Waals surface area contributed by atoms with Crippen LogP contribution in [0.2, 0.25) is 0 Å². The van der Waals surface area contributed by atoms with Gasteiger partial charge in [-0.3, -0.25) is 4.98 Å². The Morgan fingerprint density at radius 2 is 1.73 bits per heavy atom. The molecular weight excluding hydrogens is 410 g/mol. The van der Waals surface area contributed by atoms with E-state index in [1.807, 2.05) is 30.3 Å². The van der Waals surface area contributed by atoms with E-state index in [0.29, 0.717) is 11.7 Å². The molecule has 0 N–H and O–H groups in total. The van der Waals surface area contributed by atoms with E-state index >= 15 is 0 Å². The second-order valence-corrected chi connectivity index (χ2v) is 8.06. The van der Waals surface area contributed by atoms with Crippen molar-refractivity contribution in [2.24, 2.45) is 0 Å². The first-order valence-corrected chi connectivity index (χ1v) is 10.8. The fourth-order valence-corrected chi connectivity index (χ4v) is 4.66. The first-order chi connectivity index (χ1) is 16.4. The van der Waals surface area contributed by atoms with Gasteiger partial charge in [-0.25, -0.2) is 14.5 Å². The van der Waals surface area contributed by atoms with Crippen LogP contribution >= 0.6 is 0 Å². The summed E-state index contributed by atoms with van der Waals surface area (Å²) in [5, 5.41) is 6.88. The summed E-state index contributed by atoms with van der Waals surface area (Å²) in [5.74, 6) is 1.93. The fraction of sp³-hybridized carbons (Fsp3) is 0.0370. The van der Waals surface area contributed by atoms with Gasteiger partial charge in [-0.1, -0.05) is 66.7 Å². The van der Waals surface area contributed by atoms with Gasteiger partial charge in [-0.05, 0) is 23.1 Å². The molecule has 33 heavy (non-hydrogen) atoms. The number of hydrogen-bond donors (Lipinski definition) is 0. The zero-order chi connectivity index (χ0) is 21.8. The van der Waals surface area contributed by atoms with Gasteiger partial charge in [0.05, 0.1) is 5.56 Å². The van der Waals surface area contributed by atoms with Crippen LogP contribution in [-0.4, -0.2) is 24.6 Å². The zero-order valence-corrected chi connectivity index (χ0v) is 17.5. The third-order valence-electron chi connectivity index (χ3n) is 6.15. The van der Waals surface area contributed by atoms with E-state index in [9.17, 15) is 0 Å². The highest BCUT2D eigenvalue weighted by molar-refractivity contribution is 5.91. The molecule has 1 aliphatic rings. The molecule has 3 aromatic heterocycles. The van der Waals surface area contributed by atoms with E-state index in [1.54, 1.807) is 23.2 Å². The van der Waals surface area contributed by atoms with Crippen LogP contribution < -0.4 is 4.74 Å². The largest absolute Gasteiger partial charge is 0.438 e. The highest BCUT2D eigenvalue weighted by atomic mass is 16.5. The average Bonchev–Trinajstić information content (AvgIpc) is 3.33. The molecular formula is C27H17N5O. The number of nitrogens with zero attached hydrogens (tertiary/aromatic N) is 5. The Hall–Kier alpha value is -4.58. The number of aromatic nitrogens is 5. The lowest BCUT2D eigenvalue weighted by Crippen LogP contribution is -2.15. The minimum Gasteiger partial charge on any atom is -0.438 e. The minimum absolute atomic E-state index is 0.0864. The van der Waals surface area contributed by atoms with E-state index in [1.165, 1.54) is 0 Å². The number of fused-ring (bicyclic) bond motifs is 6. The second-order valence-electron chi connectivity index (χ2n) is 8.06. The average molecular weight is 427 g/mol. The molecule has 0 unspecified atom stereocenters. The van der Waals surface area contributed by atoms with Gasteiger partial charge in [-0.15, -0.1) is 5.10 Å². The molecule has 1 atom stereocenters. The molecule has 7 rings (SSSR count). The number of rotatable bonds is 2. The first-order valence-electron chi connectivity index (χ1n) is 10.8. The van der Waals surface area contributed by atoms with Crippen LogP contribution in [0.15, 0.2) is 97.6 Å². The van der Waals surface area contributed by atoms with Crippen molar-refractivity contribution >= 4 is 16.4 Å². The summed E-state index contributed by atoms with van der Waals surface area (Å²) in [5.41, 5.74) is 4.74. The van der Waals surface area contributed by atoms with E-state index in [0.717, 1.165) is 44.4 Å². The topological polar surface area (TPSA) is 65.2 Å². The number of ether oxygens (including phenoxy) is 1. The predicted molar refractivity (Wildman–Crippen MR) is 125 cm³/mol. The van der Waals surface area contributed by atoms with Gasteiger partial charge < -0.3 is 4.74 Å². The number of benzene rings is 3. The van der Waals surface area contributed by atoms with Crippen molar-refractivity contribution < 1.29 is 4.74 Å². The quantitative estimate of drug-likeness (QED) is 0.358. The lowest BCUT2D eigenvalue weighted by Gasteiger charge is -2.28. The van der Waals surface area contributed by atoms with E-state index in [-0.39, 0.29) is 5.92 Å². The van der Waals surface area contributed by atoms with Crippen molar-refractivity contribution in [3.8, 4) is 23.0 Å². The summed E-state index contributed by atoms with van der Waals surface area (Å²) in [6, 6.07) is 26.8. The molecule has 4 heterocycles. The molecule has 6 nitrogen and oxygen atoms in total. The fourth-order valence-electron chi connectivity index (χ4n) is 4.66. The van der Waals surface area contributed by atoms with E-state index < -0.39 is 0 Å². The van der Waals surface area contributed by atoms with Gasteiger partial charge in [0.1, 0.15) is 12.1 Å². The summed E-state index contributed by atoms with van der Waals surface area (Å²) in [7, 11) is 0. The molecule has 0 saturated heterocycles. The van der Waals surface area contributed by atoms with Gasteiger partial charge in [0.25, 0.3) is 0 Å². The Balaban J connectivity index is 1.53. The summed E-state index contributed by atoms with van der Waals surface area (Å²) in [4.78, 5) is 13.8. The van der Waals surface area contributed by atoms with Gasteiger partial charge in [0.2, 0.25) is 5.88 Å². The third kappa shape index (κ3) is 2.74. The van der Waals surface area contributed by atoms with Crippen LogP contribution in [0.3, 0.4) is 0 Å².